The van der Waals surface area contributed by atoms with Crippen molar-refractivity contribution in [1.29, 1.82) is 0 Å². The Labute approximate surface area is 115 Å². The van der Waals surface area contributed by atoms with Crippen LogP contribution in [-0.4, -0.2) is 17.6 Å². The predicted octanol–water partition coefficient (Wildman–Crippen LogP) is 2.17. The van der Waals surface area contributed by atoms with Crippen LogP contribution in [0.25, 0.3) is 0 Å². The Bertz CT molecular complexity index is 424. The molecule has 19 heavy (non-hydrogen) atoms. The number of rotatable bonds is 6. The first-order valence-electron chi connectivity index (χ1n) is 6.58. The maximum Gasteiger partial charge on any atom is 0.237 e. The molecule has 0 fully saturated rings. The molecule has 0 radical (unpaired) electrons. The molecule has 4 heteroatoms. The zero-order valence-corrected chi connectivity index (χ0v) is 12.1. The largest absolute Gasteiger partial charge is 0.491 e. The van der Waals surface area contributed by atoms with Crippen molar-refractivity contribution in [3.8, 4) is 5.75 Å². The highest BCUT2D eigenvalue weighted by atomic mass is 16.5. The number of carbonyl (C=O) groups is 1. The molecule has 1 rings (SSSR count). The zero-order chi connectivity index (χ0) is 14.6. The third-order valence-corrected chi connectivity index (χ3v) is 3.16. The molecule has 2 atom stereocenters. The summed E-state index contributed by atoms with van der Waals surface area (Å²) in [6.07, 6.45) is 0.209. The fraction of sp³-hybridized carbons (Fsp3) is 0.533. The van der Waals surface area contributed by atoms with Gasteiger partial charge in [-0.2, -0.15) is 0 Å². The lowest BCUT2D eigenvalue weighted by Crippen LogP contribution is -2.51. The monoisotopic (exact) mass is 264 g/mol. The van der Waals surface area contributed by atoms with Gasteiger partial charge in [0.1, 0.15) is 5.75 Å². The second kappa shape index (κ2) is 6.06. The summed E-state index contributed by atoms with van der Waals surface area (Å²) in [5, 5.41) is 0. The molecule has 2 unspecified atom stereocenters. The highest BCUT2D eigenvalue weighted by Gasteiger charge is 2.28. The van der Waals surface area contributed by atoms with Crippen molar-refractivity contribution in [2.45, 2.75) is 51.7 Å². The lowest BCUT2D eigenvalue weighted by molar-refractivity contribution is -0.123. The molecule has 0 aliphatic heterocycles. The average molecular weight is 264 g/mol. The van der Waals surface area contributed by atoms with Gasteiger partial charge >= 0.3 is 0 Å². The van der Waals surface area contributed by atoms with Crippen LogP contribution in [-0.2, 0) is 4.79 Å². The smallest absolute Gasteiger partial charge is 0.237 e. The van der Waals surface area contributed by atoms with Gasteiger partial charge in [-0.25, -0.2) is 0 Å². The van der Waals surface area contributed by atoms with E-state index in [1.54, 1.807) is 6.92 Å². The number of primary amides is 1. The van der Waals surface area contributed by atoms with Gasteiger partial charge in [0.05, 0.1) is 11.6 Å². The van der Waals surface area contributed by atoms with Crippen LogP contribution < -0.4 is 16.2 Å². The summed E-state index contributed by atoms with van der Waals surface area (Å²) < 4.78 is 5.75. The molecule has 0 aromatic heterocycles. The second-order valence-electron chi connectivity index (χ2n) is 5.64. The molecule has 1 amide bonds. The first kappa shape index (κ1) is 15.5. The van der Waals surface area contributed by atoms with E-state index in [1.165, 1.54) is 5.56 Å². The van der Waals surface area contributed by atoms with Crippen LogP contribution in [0.4, 0.5) is 0 Å². The summed E-state index contributed by atoms with van der Waals surface area (Å²) in [5.41, 5.74) is 11.3. The van der Waals surface area contributed by atoms with Crippen molar-refractivity contribution in [2.75, 3.05) is 0 Å². The van der Waals surface area contributed by atoms with Crippen LogP contribution in [0.1, 0.15) is 45.6 Å². The van der Waals surface area contributed by atoms with Gasteiger partial charge < -0.3 is 16.2 Å². The van der Waals surface area contributed by atoms with E-state index in [4.69, 9.17) is 16.2 Å². The van der Waals surface area contributed by atoms with E-state index in [-0.39, 0.29) is 6.10 Å². The molecule has 4 N–H and O–H groups in total. The Balaban J connectivity index is 2.62. The van der Waals surface area contributed by atoms with Crippen LogP contribution in [0.2, 0.25) is 0 Å². The first-order chi connectivity index (χ1) is 8.72. The molecule has 0 spiro atoms. The molecule has 0 bridgehead atoms. The molecular weight excluding hydrogens is 240 g/mol. The Hall–Kier alpha value is -1.55. The van der Waals surface area contributed by atoms with Crippen molar-refractivity contribution >= 4 is 5.91 Å². The molecule has 0 saturated heterocycles. The van der Waals surface area contributed by atoms with Gasteiger partial charge in [0.25, 0.3) is 0 Å². The summed E-state index contributed by atoms with van der Waals surface area (Å²) in [7, 11) is 0. The molecule has 0 heterocycles. The van der Waals surface area contributed by atoms with Gasteiger partial charge in [0, 0.05) is 6.42 Å². The second-order valence-corrected chi connectivity index (χ2v) is 5.64. The van der Waals surface area contributed by atoms with E-state index in [0.717, 1.165) is 5.75 Å². The van der Waals surface area contributed by atoms with E-state index in [2.05, 4.69) is 13.8 Å². The minimum absolute atomic E-state index is 0.174. The Morgan fingerprint density at radius 2 is 1.79 bits per heavy atom. The van der Waals surface area contributed by atoms with Crippen LogP contribution >= 0.6 is 0 Å². The standard InChI is InChI=1S/C15H24N2O2/c1-10(2)12-5-7-13(8-6-12)19-11(3)9-15(4,17)14(16)18/h5-8,10-11H,9,17H2,1-4H3,(H2,16,18). The summed E-state index contributed by atoms with van der Waals surface area (Å²) in [6.45, 7) is 7.79. The summed E-state index contributed by atoms with van der Waals surface area (Å²) in [5.74, 6) is 0.754. The fourth-order valence-electron chi connectivity index (χ4n) is 1.90. The topological polar surface area (TPSA) is 78.3 Å². The summed E-state index contributed by atoms with van der Waals surface area (Å²) in [6, 6.07) is 7.96. The van der Waals surface area contributed by atoms with Gasteiger partial charge in [-0.05, 0) is 37.5 Å². The third kappa shape index (κ3) is 4.56. The molecular formula is C15H24N2O2. The van der Waals surface area contributed by atoms with Gasteiger partial charge in [0.15, 0.2) is 0 Å². The van der Waals surface area contributed by atoms with Crippen LogP contribution in [0.3, 0.4) is 0 Å². The van der Waals surface area contributed by atoms with Crippen LogP contribution in [0.5, 0.6) is 5.75 Å². The van der Waals surface area contributed by atoms with E-state index in [1.807, 2.05) is 31.2 Å². The van der Waals surface area contributed by atoms with Gasteiger partial charge in [0.2, 0.25) is 5.91 Å². The zero-order valence-electron chi connectivity index (χ0n) is 12.1. The highest BCUT2D eigenvalue weighted by molar-refractivity contribution is 5.83. The quantitative estimate of drug-likeness (QED) is 0.826. The molecule has 106 valence electrons. The van der Waals surface area contributed by atoms with E-state index < -0.39 is 11.4 Å². The highest BCUT2D eigenvalue weighted by Crippen LogP contribution is 2.21. The Morgan fingerprint density at radius 3 is 2.21 bits per heavy atom. The minimum Gasteiger partial charge on any atom is -0.491 e. The third-order valence-electron chi connectivity index (χ3n) is 3.16. The molecule has 0 aliphatic carbocycles. The number of ether oxygens (including phenoxy) is 1. The van der Waals surface area contributed by atoms with Crippen molar-refractivity contribution < 1.29 is 9.53 Å². The van der Waals surface area contributed by atoms with Gasteiger partial charge in [-0.15, -0.1) is 0 Å². The van der Waals surface area contributed by atoms with Crippen molar-refractivity contribution in [1.82, 2.24) is 0 Å². The van der Waals surface area contributed by atoms with E-state index >= 15 is 0 Å². The van der Waals surface area contributed by atoms with E-state index in [9.17, 15) is 4.79 Å². The number of benzene rings is 1. The fourth-order valence-corrected chi connectivity index (χ4v) is 1.90. The maximum atomic E-state index is 11.2. The molecule has 1 aromatic rings. The van der Waals surface area contributed by atoms with Crippen molar-refractivity contribution in [3.63, 3.8) is 0 Å². The number of amides is 1. The Morgan fingerprint density at radius 1 is 1.26 bits per heavy atom. The molecule has 0 aliphatic rings. The average Bonchev–Trinajstić information content (AvgIpc) is 2.28. The SMILES string of the molecule is CC(CC(C)(N)C(N)=O)Oc1ccc(C(C)C)cc1. The van der Waals surface area contributed by atoms with Crippen LogP contribution in [0.15, 0.2) is 24.3 Å². The van der Waals surface area contributed by atoms with Crippen molar-refractivity contribution in [2.24, 2.45) is 11.5 Å². The van der Waals surface area contributed by atoms with Crippen molar-refractivity contribution in [3.05, 3.63) is 29.8 Å². The molecule has 1 aromatic carbocycles. The maximum absolute atomic E-state index is 11.2. The van der Waals surface area contributed by atoms with Gasteiger partial charge in [-0.3, -0.25) is 4.79 Å². The molecule has 0 saturated carbocycles. The number of nitrogens with two attached hydrogens (primary N) is 2. The minimum atomic E-state index is -1.04. The number of hydrogen-bond acceptors (Lipinski definition) is 3. The normalized spacial score (nSPS) is 15.9. The van der Waals surface area contributed by atoms with Crippen LogP contribution in [0, 0.1) is 0 Å². The number of hydrogen-bond donors (Lipinski definition) is 2. The lowest BCUT2D eigenvalue weighted by atomic mass is 9.95. The number of carbonyl (C=O) groups excluding carboxylic acids is 1. The molecule has 4 nitrogen and oxygen atoms in total. The Kier molecular flexibility index (Phi) is 4.95. The summed E-state index contributed by atoms with van der Waals surface area (Å²) in [4.78, 5) is 11.2. The van der Waals surface area contributed by atoms with Gasteiger partial charge in [-0.1, -0.05) is 26.0 Å². The summed E-state index contributed by atoms with van der Waals surface area (Å²) >= 11 is 0. The van der Waals surface area contributed by atoms with E-state index in [0.29, 0.717) is 12.3 Å². The predicted molar refractivity (Wildman–Crippen MR) is 77.0 cm³/mol. The lowest BCUT2D eigenvalue weighted by Gasteiger charge is -2.25. The first-order valence-corrected chi connectivity index (χ1v) is 6.58.